The van der Waals surface area contributed by atoms with Crippen molar-refractivity contribution in [2.75, 3.05) is 12.0 Å². The summed E-state index contributed by atoms with van der Waals surface area (Å²) in [6, 6.07) is 2.63. The van der Waals surface area contributed by atoms with Crippen molar-refractivity contribution in [1.82, 2.24) is 5.32 Å². The van der Waals surface area contributed by atoms with E-state index >= 15 is 0 Å². The molecule has 4 N–H and O–H groups in total. The molecule has 1 unspecified atom stereocenters. The van der Waals surface area contributed by atoms with E-state index in [9.17, 15) is 18.0 Å². The first-order valence-corrected chi connectivity index (χ1v) is 7.24. The highest BCUT2D eigenvalue weighted by atomic mass is 32.2. The lowest BCUT2D eigenvalue weighted by molar-refractivity contribution is -0.138. The SMILES string of the molecule is CC(NC(=O)c1cc(N)ccc1OS(C)(=O)=O)C(=O)O. The van der Waals surface area contributed by atoms with Crippen LogP contribution >= 0.6 is 0 Å². The minimum Gasteiger partial charge on any atom is -0.480 e. The van der Waals surface area contributed by atoms with E-state index in [0.29, 0.717) is 0 Å². The van der Waals surface area contributed by atoms with Gasteiger partial charge < -0.3 is 20.3 Å². The minimum absolute atomic E-state index is 0.163. The van der Waals surface area contributed by atoms with Gasteiger partial charge in [0.05, 0.1) is 11.8 Å². The summed E-state index contributed by atoms with van der Waals surface area (Å²) >= 11 is 0. The van der Waals surface area contributed by atoms with Crippen LogP contribution in [0, 0.1) is 0 Å². The number of anilines is 1. The van der Waals surface area contributed by atoms with Gasteiger partial charge in [-0.2, -0.15) is 8.42 Å². The smallest absolute Gasteiger partial charge is 0.325 e. The summed E-state index contributed by atoms with van der Waals surface area (Å²) in [5, 5.41) is 10.9. The van der Waals surface area contributed by atoms with Crippen molar-refractivity contribution in [2.24, 2.45) is 0 Å². The van der Waals surface area contributed by atoms with Crippen molar-refractivity contribution in [1.29, 1.82) is 0 Å². The number of amides is 1. The first-order valence-electron chi connectivity index (χ1n) is 5.43. The maximum atomic E-state index is 11.9. The van der Waals surface area contributed by atoms with E-state index in [1.54, 1.807) is 0 Å². The van der Waals surface area contributed by atoms with Gasteiger partial charge in [0.25, 0.3) is 5.91 Å². The van der Waals surface area contributed by atoms with Gasteiger partial charge in [-0.25, -0.2) is 0 Å². The molecule has 0 aliphatic heterocycles. The number of hydrogen-bond acceptors (Lipinski definition) is 6. The Labute approximate surface area is 115 Å². The van der Waals surface area contributed by atoms with Gasteiger partial charge in [0, 0.05) is 5.69 Å². The molecule has 1 aromatic rings. The highest BCUT2D eigenvalue weighted by Gasteiger charge is 2.20. The fourth-order valence-electron chi connectivity index (χ4n) is 1.30. The molecule has 0 saturated heterocycles. The molecule has 0 bridgehead atoms. The van der Waals surface area contributed by atoms with Crippen molar-refractivity contribution in [3.63, 3.8) is 0 Å². The monoisotopic (exact) mass is 302 g/mol. The topological polar surface area (TPSA) is 136 Å². The molecule has 20 heavy (non-hydrogen) atoms. The zero-order valence-electron chi connectivity index (χ0n) is 10.8. The van der Waals surface area contributed by atoms with Gasteiger partial charge in [0.2, 0.25) is 0 Å². The molecule has 110 valence electrons. The van der Waals surface area contributed by atoms with Crippen molar-refractivity contribution < 1.29 is 27.3 Å². The molecule has 8 nitrogen and oxygen atoms in total. The van der Waals surface area contributed by atoms with Crippen LogP contribution in [0.3, 0.4) is 0 Å². The fraction of sp³-hybridized carbons (Fsp3) is 0.273. The lowest BCUT2D eigenvalue weighted by Gasteiger charge is -2.13. The molecule has 0 spiro atoms. The predicted octanol–water partition coefficient (Wildman–Crippen LogP) is -0.190. The molecular weight excluding hydrogens is 288 g/mol. The molecular formula is C11H14N2O6S. The van der Waals surface area contributed by atoms with Crippen LogP contribution < -0.4 is 15.2 Å². The first kappa shape index (κ1) is 15.8. The molecule has 1 amide bonds. The second-order valence-corrected chi connectivity index (χ2v) is 5.65. The van der Waals surface area contributed by atoms with Crippen molar-refractivity contribution in [3.05, 3.63) is 23.8 Å². The molecule has 0 aromatic heterocycles. The van der Waals surface area contributed by atoms with Crippen LogP contribution in [0.25, 0.3) is 0 Å². The lowest BCUT2D eigenvalue weighted by Crippen LogP contribution is -2.38. The minimum atomic E-state index is -3.83. The third kappa shape index (κ3) is 4.43. The standard InChI is InChI=1S/C11H14N2O6S/c1-6(11(15)16)13-10(14)8-5-7(12)3-4-9(8)19-20(2,17)18/h3-6H,12H2,1-2H3,(H,13,14)(H,15,16). The van der Waals surface area contributed by atoms with Crippen LogP contribution in [0.2, 0.25) is 0 Å². The summed E-state index contributed by atoms with van der Waals surface area (Å²) in [6.45, 7) is 1.27. The number of nitrogens with one attached hydrogen (secondary N) is 1. The maximum absolute atomic E-state index is 11.9. The number of nitrogens with two attached hydrogens (primary N) is 1. The highest BCUT2D eigenvalue weighted by Crippen LogP contribution is 2.22. The van der Waals surface area contributed by atoms with E-state index in [1.807, 2.05) is 0 Å². The summed E-state index contributed by atoms with van der Waals surface area (Å²) in [5.74, 6) is -2.25. The fourth-order valence-corrected chi connectivity index (χ4v) is 1.77. The zero-order chi connectivity index (χ0) is 15.5. The molecule has 0 heterocycles. The molecule has 0 saturated carbocycles. The van der Waals surface area contributed by atoms with Gasteiger partial charge in [0.15, 0.2) is 5.75 Å². The summed E-state index contributed by atoms with van der Waals surface area (Å²) in [4.78, 5) is 22.6. The number of carboxylic acid groups (broad SMARTS) is 1. The van der Waals surface area contributed by atoms with E-state index < -0.39 is 28.0 Å². The normalized spacial score (nSPS) is 12.5. The number of carbonyl (C=O) groups is 2. The quantitative estimate of drug-likeness (QED) is 0.506. The Hall–Kier alpha value is -2.29. The third-order valence-electron chi connectivity index (χ3n) is 2.21. The number of carbonyl (C=O) groups excluding carboxylic acids is 1. The number of hydrogen-bond donors (Lipinski definition) is 3. The van der Waals surface area contributed by atoms with Crippen molar-refractivity contribution in [3.8, 4) is 5.75 Å². The number of rotatable bonds is 5. The Morgan fingerprint density at radius 1 is 1.40 bits per heavy atom. The van der Waals surface area contributed by atoms with E-state index in [1.165, 1.54) is 25.1 Å². The molecule has 0 fully saturated rings. The Morgan fingerprint density at radius 3 is 2.50 bits per heavy atom. The number of benzene rings is 1. The largest absolute Gasteiger partial charge is 0.480 e. The first-order chi connectivity index (χ1) is 9.10. The van der Waals surface area contributed by atoms with E-state index in [4.69, 9.17) is 10.8 Å². The van der Waals surface area contributed by atoms with E-state index in [0.717, 1.165) is 6.26 Å². The second-order valence-electron chi connectivity index (χ2n) is 4.08. The predicted molar refractivity (Wildman–Crippen MR) is 70.9 cm³/mol. The number of aliphatic carboxylic acids is 1. The summed E-state index contributed by atoms with van der Waals surface area (Å²) in [6.07, 6.45) is 0.824. The summed E-state index contributed by atoms with van der Waals surface area (Å²) in [7, 11) is -3.83. The van der Waals surface area contributed by atoms with Crippen LogP contribution in [-0.4, -0.2) is 37.7 Å². The summed E-state index contributed by atoms with van der Waals surface area (Å²) in [5.41, 5.74) is 5.56. The maximum Gasteiger partial charge on any atom is 0.325 e. The van der Waals surface area contributed by atoms with Crippen LogP contribution in [0.5, 0.6) is 5.75 Å². The molecule has 1 atom stereocenters. The summed E-state index contributed by atoms with van der Waals surface area (Å²) < 4.78 is 26.9. The van der Waals surface area contributed by atoms with Gasteiger partial charge >= 0.3 is 16.1 Å². The average Bonchev–Trinajstić information content (AvgIpc) is 2.29. The molecule has 0 aliphatic carbocycles. The van der Waals surface area contributed by atoms with Crippen LogP contribution in [-0.2, 0) is 14.9 Å². The van der Waals surface area contributed by atoms with Crippen molar-refractivity contribution >= 4 is 27.7 Å². The van der Waals surface area contributed by atoms with Gasteiger partial charge in [-0.1, -0.05) is 0 Å². The van der Waals surface area contributed by atoms with E-state index in [2.05, 4.69) is 9.50 Å². The van der Waals surface area contributed by atoms with Gasteiger partial charge in [-0.15, -0.1) is 0 Å². The van der Waals surface area contributed by atoms with Crippen LogP contribution in [0.1, 0.15) is 17.3 Å². The lowest BCUT2D eigenvalue weighted by atomic mass is 10.1. The number of nitrogen functional groups attached to an aromatic ring is 1. The van der Waals surface area contributed by atoms with Crippen LogP contribution in [0.15, 0.2) is 18.2 Å². The zero-order valence-corrected chi connectivity index (χ0v) is 11.6. The Kier molecular flexibility index (Phi) is 4.56. The van der Waals surface area contributed by atoms with E-state index in [-0.39, 0.29) is 17.0 Å². The van der Waals surface area contributed by atoms with Crippen LogP contribution in [0.4, 0.5) is 5.69 Å². The molecule has 1 aromatic carbocycles. The molecule has 9 heteroatoms. The molecule has 0 radical (unpaired) electrons. The Bertz CT molecular complexity index is 640. The van der Waals surface area contributed by atoms with Gasteiger partial charge in [-0.3, -0.25) is 9.59 Å². The molecule has 1 rings (SSSR count). The van der Waals surface area contributed by atoms with Crippen molar-refractivity contribution in [2.45, 2.75) is 13.0 Å². The number of carboxylic acids is 1. The van der Waals surface area contributed by atoms with Gasteiger partial charge in [-0.05, 0) is 25.1 Å². The third-order valence-corrected chi connectivity index (χ3v) is 2.69. The molecule has 0 aliphatic rings. The Balaban J connectivity index is 3.12. The highest BCUT2D eigenvalue weighted by molar-refractivity contribution is 7.86. The Morgan fingerprint density at radius 2 is 2.00 bits per heavy atom. The van der Waals surface area contributed by atoms with Gasteiger partial charge in [0.1, 0.15) is 6.04 Å². The second kappa shape index (κ2) is 5.78. The average molecular weight is 302 g/mol.